The predicted molar refractivity (Wildman–Crippen MR) is 82.6 cm³/mol. The van der Waals surface area contributed by atoms with Crippen molar-refractivity contribution in [3.63, 3.8) is 0 Å². The van der Waals surface area contributed by atoms with Crippen molar-refractivity contribution in [2.75, 3.05) is 13.1 Å². The third-order valence-corrected chi connectivity index (χ3v) is 4.61. The Morgan fingerprint density at radius 1 is 1.10 bits per heavy atom. The summed E-state index contributed by atoms with van der Waals surface area (Å²) in [6.07, 6.45) is 2.12. The van der Waals surface area contributed by atoms with Crippen molar-refractivity contribution in [1.82, 2.24) is 4.90 Å². The highest BCUT2D eigenvalue weighted by molar-refractivity contribution is 6.49. The average molecular weight is 304 g/mol. The number of piperidine rings is 1. The van der Waals surface area contributed by atoms with Crippen LogP contribution in [-0.4, -0.2) is 29.6 Å². The summed E-state index contributed by atoms with van der Waals surface area (Å²) in [6.45, 7) is 5.88. The van der Waals surface area contributed by atoms with E-state index in [-0.39, 0.29) is 22.0 Å². The summed E-state index contributed by atoms with van der Waals surface area (Å²) < 4.78 is 0. The maximum absolute atomic E-state index is 12.7. The molecule has 0 unspecified atom stereocenters. The fourth-order valence-electron chi connectivity index (χ4n) is 3.23. The molecule has 21 heavy (non-hydrogen) atoms. The molecule has 0 saturated carbocycles. The number of ketones is 2. The van der Waals surface area contributed by atoms with E-state index >= 15 is 0 Å². The number of allylic oxidation sites excluding steroid dienone is 2. The van der Waals surface area contributed by atoms with E-state index in [2.05, 4.69) is 13.8 Å². The molecule has 1 aliphatic carbocycles. The van der Waals surface area contributed by atoms with Crippen molar-refractivity contribution < 1.29 is 9.59 Å². The first-order chi connectivity index (χ1) is 9.91. The van der Waals surface area contributed by atoms with Crippen molar-refractivity contribution >= 4 is 23.2 Å². The van der Waals surface area contributed by atoms with Gasteiger partial charge in [-0.2, -0.15) is 0 Å². The third-order valence-electron chi connectivity index (χ3n) is 4.26. The van der Waals surface area contributed by atoms with Gasteiger partial charge >= 0.3 is 0 Å². The highest BCUT2D eigenvalue weighted by Crippen LogP contribution is 2.36. The minimum absolute atomic E-state index is 0.0661. The Hall–Kier alpha value is -1.61. The number of benzene rings is 1. The van der Waals surface area contributed by atoms with Gasteiger partial charge in [0.05, 0.1) is 0 Å². The molecule has 0 bridgehead atoms. The minimum atomic E-state index is -0.245. The van der Waals surface area contributed by atoms with E-state index in [0.717, 1.165) is 25.9 Å². The van der Waals surface area contributed by atoms with E-state index in [0.29, 0.717) is 16.8 Å². The molecule has 0 N–H and O–H groups in total. The molecular formula is C17H18ClNO2. The summed E-state index contributed by atoms with van der Waals surface area (Å²) in [5.41, 5.74) is 1.38. The van der Waals surface area contributed by atoms with E-state index in [1.807, 2.05) is 4.90 Å². The highest BCUT2D eigenvalue weighted by atomic mass is 35.5. The Morgan fingerprint density at radius 3 is 2.33 bits per heavy atom. The number of likely N-dealkylation sites (tertiary alicyclic amines) is 1. The Kier molecular flexibility index (Phi) is 3.40. The third kappa shape index (κ3) is 2.40. The Labute approximate surface area is 129 Å². The van der Waals surface area contributed by atoms with E-state index in [1.54, 1.807) is 24.3 Å². The molecule has 4 heteroatoms. The largest absolute Gasteiger partial charge is 0.366 e. The van der Waals surface area contributed by atoms with Crippen molar-refractivity contribution in [3.05, 3.63) is 46.1 Å². The molecular weight excluding hydrogens is 286 g/mol. The van der Waals surface area contributed by atoms with Crippen LogP contribution in [0.5, 0.6) is 0 Å². The lowest BCUT2D eigenvalue weighted by Crippen LogP contribution is -2.43. The SMILES string of the molecule is CC1(C)CCCN(C2=C(Cl)C(=O)c3ccccc3C2=O)C1. The molecule has 2 aliphatic rings. The summed E-state index contributed by atoms with van der Waals surface area (Å²) in [5.74, 6) is -0.377. The summed E-state index contributed by atoms with van der Waals surface area (Å²) in [4.78, 5) is 27.1. The van der Waals surface area contributed by atoms with Gasteiger partial charge in [0.1, 0.15) is 10.7 Å². The Balaban J connectivity index is 2.05. The number of hydrogen-bond acceptors (Lipinski definition) is 3. The van der Waals surface area contributed by atoms with Crippen LogP contribution in [0.15, 0.2) is 35.0 Å². The lowest BCUT2D eigenvalue weighted by atomic mass is 9.82. The van der Waals surface area contributed by atoms with E-state index in [9.17, 15) is 9.59 Å². The topological polar surface area (TPSA) is 37.4 Å². The van der Waals surface area contributed by atoms with Crippen molar-refractivity contribution in [3.8, 4) is 0 Å². The van der Waals surface area contributed by atoms with Crippen LogP contribution in [0.1, 0.15) is 47.4 Å². The second-order valence-corrected chi connectivity index (χ2v) is 6.93. The van der Waals surface area contributed by atoms with Crippen LogP contribution in [0, 0.1) is 5.41 Å². The van der Waals surface area contributed by atoms with Crippen molar-refractivity contribution in [1.29, 1.82) is 0 Å². The number of halogens is 1. The first kappa shape index (κ1) is 14.3. The lowest BCUT2D eigenvalue weighted by Gasteiger charge is -2.41. The monoisotopic (exact) mass is 303 g/mol. The van der Waals surface area contributed by atoms with Gasteiger partial charge in [0, 0.05) is 24.2 Å². The zero-order valence-corrected chi connectivity index (χ0v) is 13.0. The molecule has 1 aromatic carbocycles. The number of rotatable bonds is 1. The van der Waals surface area contributed by atoms with Gasteiger partial charge in [0.15, 0.2) is 0 Å². The first-order valence-electron chi connectivity index (χ1n) is 7.24. The van der Waals surface area contributed by atoms with E-state index < -0.39 is 0 Å². The van der Waals surface area contributed by atoms with Gasteiger partial charge in [-0.1, -0.05) is 49.7 Å². The maximum Gasteiger partial charge on any atom is 0.211 e. The molecule has 0 amide bonds. The second-order valence-electron chi connectivity index (χ2n) is 6.56. The minimum Gasteiger partial charge on any atom is -0.366 e. The molecule has 1 saturated heterocycles. The van der Waals surface area contributed by atoms with E-state index in [4.69, 9.17) is 11.6 Å². The smallest absolute Gasteiger partial charge is 0.211 e. The number of carbonyl (C=O) groups is 2. The van der Waals surface area contributed by atoms with E-state index in [1.165, 1.54) is 0 Å². The van der Waals surface area contributed by atoms with Gasteiger partial charge in [0.25, 0.3) is 0 Å². The number of carbonyl (C=O) groups excluding carboxylic acids is 2. The second kappa shape index (κ2) is 4.99. The number of hydrogen-bond donors (Lipinski definition) is 0. The lowest BCUT2D eigenvalue weighted by molar-refractivity contribution is 0.0891. The molecule has 0 atom stereocenters. The van der Waals surface area contributed by atoms with Gasteiger partial charge in [0.2, 0.25) is 11.6 Å². The summed E-state index contributed by atoms with van der Waals surface area (Å²) in [7, 11) is 0. The molecule has 1 aromatic rings. The fourth-order valence-corrected chi connectivity index (χ4v) is 3.54. The molecule has 3 rings (SSSR count). The van der Waals surface area contributed by atoms with Crippen LogP contribution in [0.25, 0.3) is 0 Å². The standard InChI is InChI=1S/C17H18ClNO2/c1-17(2)8-5-9-19(10-17)14-13(18)15(20)11-6-3-4-7-12(11)16(14)21/h3-4,6-7H,5,8-10H2,1-2H3. The molecule has 1 fully saturated rings. The summed E-state index contributed by atoms with van der Waals surface area (Å²) in [5, 5.41) is 0.0661. The van der Waals surface area contributed by atoms with Crippen molar-refractivity contribution in [2.45, 2.75) is 26.7 Å². The maximum atomic E-state index is 12.7. The van der Waals surface area contributed by atoms with Gasteiger partial charge in [-0.3, -0.25) is 9.59 Å². The molecule has 0 spiro atoms. The van der Waals surface area contributed by atoms with Crippen LogP contribution < -0.4 is 0 Å². The molecule has 1 heterocycles. The van der Waals surface area contributed by atoms with Gasteiger partial charge in [-0.25, -0.2) is 0 Å². The van der Waals surface area contributed by atoms with Gasteiger partial charge in [-0.15, -0.1) is 0 Å². The van der Waals surface area contributed by atoms with Gasteiger partial charge in [-0.05, 0) is 18.3 Å². The average Bonchev–Trinajstić information content (AvgIpc) is 2.44. The number of nitrogens with zero attached hydrogens (tertiary/aromatic N) is 1. The van der Waals surface area contributed by atoms with Crippen molar-refractivity contribution in [2.24, 2.45) is 5.41 Å². The zero-order chi connectivity index (χ0) is 15.2. The normalized spacial score (nSPS) is 21.6. The number of fused-ring (bicyclic) bond motifs is 1. The van der Waals surface area contributed by atoms with Gasteiger partial charge < -0.3 is 4.90 Å². The number of Topliss-reactive ketones (excluding diaryl/α,β-unsaturated/α-hetero) is 2. The molecule has 1 aliphatic heterocycles. The molecule has 110 valence electrons. The predicted octanol–water partition coefficient (Wildman–Crippen LogP) is 3.64. The molecule has 3 nitrogen and oxygen atoms in total. The molecule has 0 aromatic heterocycles. The van der Waals surface area contributed by atoms with Crippen LogP contribution in [0.4, 0.5) is 0 Å². The van der Waals surface area contributed by atoms with Crippen LogP contribution >= 0.6 is 11.6 Å². The van der Waals surface area contributed by atoms with Crippen LogP contribution in [0.2, 0.25) is 0 Å². The zero-order valence-electron chi connectivity index (χ0n) is 12.3. The Morgan fingerprint density at radius 2 is 1.71 bits per heavy atom. The highest BCUT2D eigenvalue weighted by Gasteiger charge is 2.37. The quantitative estimate of drug-likeness (QED) is 0.795. The molecule has 0 radical (unpaired) electrons. The van der Waals surface area contributed by atoms with Crippen LogP contribution in [0.3, 0.4) is 0 Å². The Bertz CT molecular complexity index is 661. The summed E-state index contributed by atoms with van der Waals surface area (Å²) >= 11 is 6.25. The summed E-state index contributed by atoms with van der Waals surface area (Å²) in [6, 6.07) is 6.90. The van der Waals surface area contributed by atoms with Crippen LogP contribution in [-0.2, 0) is 0 Å². The first-order valence-corrected chi connectivity index (χ1v) is 7.62. The fraction of sp³-hybridized carbons (Fsp3) is 0.412.